The average molecular weight is 264 g/mol. The highest BCUT2D eigenvalue weighted by Crippen LogP contribution is 2.34. The third-order valence-electron chi connectivity index (χ3n) is 3.65. The summed E-state index contributed by atoms with van der Waals surface area (Å²) in [7, 11) is 5.00. The van der Waals surface area contributed by atoms with E-state index in [0.717, 1.165) is 18.5 Å². The van der Waals surface area contributed by atoms with Crippen LogP contribution in [-0.4, -0.2) is 38.6 Å². The van der Waals surface area contributed by atoms with Crippen molar-refractivity contribution in [3.05, 3.63) is 17.7 Å². The lowest BCUT2D eigenvalue weighted by Gasteiger charge is -2.15. The van der Waals surface area contributed by atoms with E-state index in [1.54, 1.807) is 25.2 Å². The van der Waals surface area contributed by atoms with E-state index >= 15 is 0 Å². The van der Waals surface area contributed by atoms with Crippen LogP contribution in [-0.2, 0) is 11.2 Å². The van der Waals surface area contributed by atoms with Crippen molar-refractivity contribution in [3.63, 3.8) is 0 Å². The van der Waals surface area contributed by atoms with Gasteiger partial charge in [-0.1, -0.05) is 0 Å². The molecule has 0 saturated carbocycles. The highest BCUT2D eigenvalue weighted by atomic mass is 16.5. The monoisotopic (exact) mass is 264 g/mol. The highest BCUT2D eigenvalue weighted by Gasteiger charge is 2.29. The van der Waals surface area contributed by atoms with Gasteiger partial charge in [-0.15, -0.1) is 0 Å². The number of hydrogen-bond acceptors (Lipinski definition) is 4. The van der Waals surface area contributed by atoms with Crippen LogP contribution in [0.2, 0.25) is 0 Å². The molecule has 1 heterocycles. The fourth-order valence-electron chi connectivity index (χ4n) is 2.46. The fourth-order valence-corrected chi connectivity index (χ4v) is 2.46. The van der Waals surface area contributed by atoms with Gasteiger partial charge < -0.3 is 20.1 Å². The van der Waals surface area contributed by atoms with Crippen LogP contribution in [0.1, 0.15) is 12.0 Å². The number of anilines is 1. The molecule has 2 rings (SSSR count). The Kier molecular flexibility index (Phi) is 3.83. The Hall–Kier alpha value is -1.91. The Labute approximate surface area is 113 Å². The van der Waals surface area contributed by atoms with Crippen LogP contribution >= 0.6 is 0 Å². The normalized spacial score (nSPS) is 18.8. The lowest BCUT2D eigenvalue weighted by molar-refractivity contribution is -0.129. The van der Waals surface area contributed by atoms with Gasteiger partial charge in [0.25, 0.3) is 0 Å². The Morgan fingerprint density at radius 2 is 1.95 bits per heavy atom. The summed E-state index contributed by atoms with van der Waals surface area (Å²) in [5.74, 6) is 1.46. The minimum atomic E-state index is 0.0189. The van der Waals surface area contributed by atoms with Crippen molar-refractivity contribution < 1.29 is 14.3 Å². The smallest absolute Gasteiger partial charge is 0.225 e. The van der Waals surface area contributed by atoms with Crippen molar-refractivity contribution in [1.82, 2.24) is 4.90 Å². The number of ether oxygens (including phenoxy) is 2. The number of nitrogen functional groups attached to an aromatic ring is 1. The standard InChI is InChI=1S/C14H20N2O3/c1-16-5-4-9(14(16)17)6-10-7-12(18-2)13(19-3)8-11(10)15/h7-9H,4-6,15H2,1-3H3. The van der Waals surface area contributed by atoms with E-state index in [-0.39, 0.29) is 11.8 Å². The minimum absolute atomic E-state index is 0.0189. The van der Waals surface area contributed by atoms with Crippen molar-refractivity contribution in [3.8, 4) is 11.5 Å². The first-order chi connectivity index (χ1) is 9.06. The third kappa shape index (κ3) is 2.59. The minimum Gasteiger partial charge on any atom is -0.493 e. The highest BCUT2D eigenvalue weighted by molar-refractivity contribution is 5.81. The first-order valence-corrected chi connectivity index (χ1v) is 6.32. The van der Waals surface area contributed by atoms with Gasteiger partial charge in [-0.05, 0) is 24.5 Å². The number of nitrogens with zero attached hydrogens (tertiary/aromatic N) is 1. The summed E-state index contributed by atoms with van der Waals surface area (Å²) < 4.78 is 10.5. The zero-order chi connectivity index (χ0) is 14.0. The number of carbonyl (C=O) groups is 1. The Morgan fingerprint density at radius 3 is 2.47 bits per heavy atom. The zero-order valence-electron chi connectivity index (χ0n) is 11.6. The molecule has 1 aliphatic heterocycles. The van der Waals surface area contributed by atoms with Gasteiger partial charge >= 0.3 is 0 Å². The third-order valence-corrected chi connectivity index (χ3v) is 3.65. The summed E-state index contributed by atoms with van der Waals surface area (Å²) in [5, 5.41) is 0. The maximum Gasteiger partial charge on any atom is 0.225 e. The van der Waals surface area contributed by atoms with E-state index in [1.165, 1.54) is 0 Å². The van der Waals surface area contributed by atoms with Crippen LogP contribution in [0.3, 0.4) is 0 Å². The van der Waals surface area contributed by atoms with Crippen LogP contribution in [0.5, 0.6) is 11.5 Å². The molecule has 0 bridgehead atoms. The summed E-state index contributed by atoms with van der Waals surface area (Å²) in [4.78, 5) is 13.7. The largest absolute Gasteiger partial charge is 0.493 e. The predicted octanol–water partition coefficient (Wildman–Crippen LogP) is 1.31. The quantitative estimate of drug-likeness (QED) is 0.833. The van der Waals surface area contributed by atoms with Gasteiger partial charge in [0.1, 0.15) is 0 Å². The summed E-state index contributed by atoms with van der Waals surface area (Å²) in [5.41, 5.74) is 7.59. The molecular formula is C14H20N2O3. The second-order valence-electron chi connectivity index (χ2n) is 4.86. The molecule has 1 amide bonds. The molecular weight excluding hydrogens is 244 g/mol. The first-order valence-electron chi connectivity index (χ1n) is 6.32. The van der Waals surface area contributed by atoms with Gasteiger partial charge in [0.2, 0.25) is 5.91 Å². The van der Waals surface area contributed by atoms with Gasteiger partial charge in [0, 0.05) is 31.3 Å². The van der Waals surface area contributed by atoms with Crippen molar-refractivity contribution in [2.24, 2.45) is 5.92 Å². The van der Waals surface area contributed by atoms with Gasteiger partial charge in [-0.3, -0.25) is 4.79 Å². The van der Waals surface area contributed by atoms with Crippen LogP contribution < -0.4 is 15.2 Å². The van der Waals surface area contributed by atoms with Crippen LogP contribution in [0.15, 0.2) is 12.1 Å². The second-order valence-corrected chi connectivity index (χ2v) is 4.86. The first kappa shape index (κ1) is 13.5. The average Bonchev–Trinajstić information content (AvgIpc) is 2.72. The predicted molar refractivity (Wildman–Crippen MR) is 73.4 cm³/mol. The van der Waals surface area contributed by atoms with Crippen LogP contribution in [0.4, 0.5) is 5.69 Å². The van der Waals surface area contributed by atoms with Crippen molar-refractivity contribution in [2.75, 3.05) is 33.5 Å². The fraction of sp³-hybridized carbons (Fsp3) is 0.500. The number of methoxy groups -OCH3 is 2. The number of nitrogens with two attached hydrogens (primary N) is 1. The number of rotatable bonds is 4. The molecule has 0 spiro atoms. The van der Waals surface area contributed by atoms with Crippen LogP contribution in [0, 0.1) is 5.92 Å². The number of amides is 1. The number of likely N-dealkylation sites (tertiary alicyclic amines) is 1. The molecule has 1 aromatic carbocycles. The molecule has 5 nitrogen and oxygen atoms in total. The topological polar surface area (TPSA) is 64.8 Å². The lowest BCUT2D eigenvalue weighted by Crippen LogP contribution is -2.23. The number of benzene rings is 1. The molecule has 1 fully saturated rings. The van der Waals surface area contributed by atoms with E-state index in [2.05, 4.69) is 0 Å². The van der Waals surface area contributed by atoms with Crippen LogP contribution in [0.25, 0.3) is 0 Å². The summed E-state index contributed by atoms with van der Waals surface area (Å²) in [6.07, 6.45) is 1.53. The SMILES string of the molecule is COc1cc(N)c(CC2CCN(C)C2=O)cc1OC. The maximum atomic E-state index is 11.9. The summed E-state index contributed by atoms with van der Waals surface area (Å²) >= 11 is 0. The summed E-state index contributed by atoms with van der Waals surface area (Å²) in [6.45, 7) is 0.816. The van der Waals surface area contributed by atoms with Gasteiger partial charge in [0.15, 0.2) is 11.5 Å². The Morgan fingerprint density at radius 1 is 1.32 bits per heavy atom. The van der Waals surface area contributed by atoms with E-state index in [9.17, 15) is 4.79 Å². The van der Waals surface area contributed by atoms with E-state index in [4.69, 9.17) is 15.2 Å². The van der Waals surface area contributed by atoms with Gasteiger partial charge in [0.05, 0.1) is 14.2 Å². The molecule has 104 valence electrons. The van der Waals surface area contributed by atoms with Crippen molar-refractivity contribution >= 4 is 11.6 Å². The Bertz CT molecular complexity index is 488. The number of carbonyl (C=O) groups excluding carboxylic acids is 1. The van der Waals surface area contributed by atoms with E-state index in [0.29, 0.717) is 23.6 Å². The molecule has 0 aliphatic carbocycles. The Balaban J connectivity index is 2.23. The maximum absolute atomic E-state index is 11.9. The molecule has 5 heteroatoms. The van der Waals surface area contributed by atoms with E-state index in [1.807, 2.05) is 13.1 Å². The van der Waals surface area contributed by atoms with Crippen molar-refractivity contribution in [2.45, 2.75) is 12.8 Å². The molecule has 2 N–H and O–H groups in total. The second kappa shape index (κ2) is 5.38. The zero-order valence-corrected chi connectivity index (χ0v) is 11.6. The summed E-state index contributed by atoms with van der Waals surface area (Å²) in [6, 6.07) is 3.61. The molecule has 0 radical (unpaired) electrons. The van der Waals surface area contributed by atoms with Crippen molar-refractivity contribution in [1.29, 1.82) is 0 Å². The lowest BCUT2D eigenvalue weighted by atomic mass is 9.96. The molecule has 1 aromatic rings. The molecule has 1 unspecified atom stereocenters. The molecule has 1 atom stereocenters. The van der Waals surface area contributed by atoms with Gasteiger partial charge in [-0.25, -0.2) is 0 Å². The van der Waals surface area contributed by atoms with E-state index < -0.39 is 0 Å². The molecule has 19 heavy (non-hydrogen) atoms. The molecule has 0 aromatic heterocycles. The molecule has 1 aliphatic rings. The van der Waals surface area contributed by atoms with Gasteiger partial charge in [-0.2, -0.15) is 0 Å². The number of hydrogen-bond donors (Lipinski definition) is 1. The molecule has 1 saturated heterocycles.